The Kier molecular flexibility index (Phi) is 5.33. The number of alkyl halides is 3. The number of halogens is 3. The largest absolute Gasteiger partial charge is 0.511 e. The van der Waals surface area contributed by atoms with Crippen LogP contribution in [0.4, 0.5) is 13.2 Å². The van der Waals surface area contributed by atoms with Crippen LogP contribution in [0.5, 0.6) is 0 Å². The molecule has 0 radical (unpaired) electrons. The van der Waals surface area contributed by atoms with Gasteiger partial charge < -0.3 is 4.74 Å². The van der Waals surface area contributed by atoms with Gasteiger partial charge in [0.15, 0.2) is 0 Å². The lowest BCUT2D eigenvalue weighted by Crippen LogP contribution is -2.45. The molecule has 0 heterocycles. The lowest BCUT2D eigenvalue weighted by molar-refractivity contribution is -0.0453. The van der Waals surface area contributed by atoms with Gasteiger partial charge in [0.05, 0.1) is 6.61 Å². The third-order valence-corrected chi connectivity index (χ3v) is 3.57. The van der Waals surface area contributed by atoms with Crippen LogP contribution in [0, 0.1) is 0 Å². The van der Waals surface area contributed by atoms with Crippen molar-refractivity contribution in [3.8, 4) is 0 Å². The van der Waals surface area contributed by atoms with Crippen molar-refractivity contribution < 1.29 is 26.3 Å². The van der Waals surface area contributed by atoms with Gasteiger partial charge in [0.25, 0.3) is 0 Å². The highest BCUT2D eigenvalue weighted by Crippen LogP contribution is 2.22. The highest BCUT2D eigenvalue weighted by Gasteiger charge is 2.46. The minimum absolute atomic E-state index is 0.115. The predicted octanol–water partition coefficient (Wildman–Crippen LogP) is 1.68. The van der Waals surface area contributed by atoms with E-state index in [-0.39, 0.29) is 13.0 Å². The average molecular weight is 297 g/mol. The fourth-order valence-electron chi connectivity index (χ4n) is 1.52. The topological polar surface area (TPSA) is 55.4 Å². The number of sulfonamides is 1. The molecule has 1 aromatic carbocycles. The van der Waals surface area contributed by atoms with Crippen molar-refractivity contribution in [3.63, 3.8) is 0 Å². The Morgan fingerprint density at radius 2 is 1.84 bits per heavy atom. The molecule has 0 saturated heterocycles. The summed E-state index contributed by atoms with van der Waals surface area (Å²) < 4.78 is 65.3. The SMILES string of the molecule is COCC(Cc1ccccc1)NS(=O)(=O)C(F)(F)F. The first kappa shape index (κ1) is 15.9. The highest BCUT2D eigenvalue weighted by molar-refractivity contribution is 7.90. The van der Waals surface area contributed by atoms with E-state index in [9.17, 15) is 21.6 Å². The minimum atomic E-state index is -5.37. The molecular weight excluding hydrogens is 283 g/mol. The van der Waals surface area contributed by atoms with Gasteiger partial charge in [0.2, 0.25) is 0 Å². The van der Waals surface area contributed by atoms with Gasteiger partial charge in [-0.05, 0) is 12.0 Å². The molecule has 1 atom stereocenters. The van der Waals surface area contributed by atoms with E-state index < -0.39 is 21.6 Å². The number of hydrogen-bond acceptors (Lipinski definition) is 3. The van der Waals surface area contributed by atoms with Gasteiger partial charge in [0, 0.05) is 13.2 Å². The van der Waals surface area contributed by atoms with Crippen molar-refractivity contribution in [2.75, 3.05) is 13.7 Å². The number of hydrogen-bond donors (Lipinski definition) is 1. The molecule has 0 saturated carbocycles. The van der Waals surface area contributed by atoms with E-state index in [1.165, 1.54) is 7.11 Å². The smallest absolute Gasteiger partial charge is 0.383 e. The van der Waals surface area contributed by atoms with Crippen molar-refractivity contribution in [3.05, 3.63) is 35.9 Å². The Balaban J connectivity index is 2.80. The Labute approximate surface area is 109 Å². The summed E-state index contributed by atoms with van der Waals surface area (Å²) in [6, 6.07) is 7.62. The van der Waals surface area contributed by atoms with Crippen molar-refractivity contribution in [1.82, 2.24) is 4.72 Å². The second kappa shape index (κ2) is 6.36. The highest BCUT2D eigenvalue weighted by atomic mass is 32.2. The van der Waals surface area contributed by atoms with Crippen LogP contribution < -0.4 is 4.72 Å². The predicted molar refractivity (Wildman–Crippen MR) is 63.9 cm³/mol. The van der Waals surface area contributed by atoms with Gasteiger partial charge in [-0.1, -0.05) is 30.3 Å². The maximum Gasteiger partial charge on any atom is 0.511 e. The molecule has 108 valence electrons. The molecule has 1 N–H and O–H groups in total. The molecule has 0 aliphatic rings. The number of ether oxygens (including phenoxy) is 1. The molecule has 1 aromatic rings. The molecular formula is C11H14F3NO3S. The van der Waals surface area contributed by atoms with Crippen LogP contribution in [0.25, 0.3) is 0 Å². The van der Waals surface area contributed by atoms with E-state index in [4.69, 9.17) is 4.74 Å². The summed E-state index contributed by atoms with van der Waals surface area (Å²) in [6.45, 7) is -0.149. The summed E-state index contributed by atoms with van der Waals surface area (Å²) in [5.74, 6) is 0. The average Bonchev–Trinajstić information content (AvgIpc) is 2.28. The van der Waals surface area contributed by atoms with Crippen LogP contribution in [0.2, 0.25) is 0 Å². The van der Waals surface area contributed by atoms with Crippen LogP contribution in [0.1, 0.15) is 5.56 Å². The van der Waals surface area contributed by atoms with Crippen LogP contribution in [-0.2, 0) is 21.2 Å². The van der Waals surface area contributed by atoms with E-state index in [2.05, 4.69) is 0 Å². The summed E-state index contributed by atoms with van der Waals surface area (Å²) in [6.07, 6.45) is 0.115. The van der Waals surface area contributed by atoms with Gasteiger partial charge in [-0.25, -0.2) is 13.1 Å². The molecule has 0 aromatic heterocycles. The molecule has 0 aliphatic carbocycles. The fourth-order valence-corrected chi connectivity index (χ4v) is 2.24. The third kappa shape index (κ3) is 4.81. The molecule has 8 heteroatoms. The maximum absolute atomic E-state index is 12.3. The van der Waals surface area contributed by atoms with E-state index in [0.29, 0.717) is 0 Å². The zero-order chi connectivity index (χ0) is 14.5. The number of nitrogens with one attached hydrogen (secondary N) is 1. The number of methoxy groups -OCH3 is 1. The van der Waals surface area contributed by atoms with Crippen LogP contribution in [0.3, 0.4) is 0 Å². The van der Waals surface area contributed by atoms with Crippen LogP contribution >= 0.6 is 0 Å². The minimum Gasteiger partial charge on any atom is -0.383 e. The summed E-state index contributed by atoms with van der Waals surface area (Å²) in [5, 5.41) is 0. The van der Waals surface area contributed by atoms with Gasteiger partial charge in [-0.3, -0.25) is 0 Å². The molecule has 0 fully saturated rings. The van der Waals surface area contributed by atoms with Gasteiger partial charge >= 0.3 is 15.5 Å². The van der Waals surface area contributed by atoms with Crippen molar-refractivity contribution in [2.45, 2.75) is 18.0 Å². The number of rotatable bonds is 6. The van der Waals surface area contributed by atoms with E-state index in [1.807, 2.05) is 0 Å². The molecule has 19 heavy (non-hydrogen) atoms. The first-order valence-electron chi connectivity index (χ1n) is 5.37. The zero-order valence-electron chi connectivity index (χ0n) is 10.1. The lowest BCUT2D eigenvalue weighted by Gasteiger charge is -2.19. The van der Waals surface area contributed by atoms with Gasteiger partial charge in [-0.15, -0.1) is 0 Å². The third-order valence-electron chi connectivity index (χ3n) is 2.32. The fraction of sp³-hybridized carbons (Fsp3) is 0.455. The summed E-state index contributed by atoms with van der Waals surface area (Å²) in [4.78, 5) is 0. The summed E-state index contributed by atoms with van der Waals surface area (Å²) in [5.41, 5.74) is -4.61. The molecule has 0 amide bonds. The van der Waals surface area contributed by atoms with Crippen LogP contribution in [-0.4, -0.2) is 33.7 Å². The van der Waals surface area contributed by atoms with E-state index in [1.54, 1.807) is 35.1 Å². The molecule has 0 aliphatic heterocycles. The Morgan fingerprint density at radius 1 is 1.26 bits per heavy atom. The van der Waals surface area contributed by atoms with Crippen LogP contribution in [0.15, 0.2) is 30.3 Å². The monoisotopic (exact) mass is 297 g/mol. The maximum atomic E-state index is 12.3. The summed E-state index contributed by atoms with van der Waals surface area (Å²) >= 11 is 0. The molecule has 1 unspecified atom stereocenters. The molecule has 0 bridgehead atoms. The Hall–Kier alpha value is -1.12. The Bertz CT molecular complexity index is 488. The quantitative estimate of drug-likeness (QED) is 0.869. The second-order valence-electron chi connectivity index (χ2n) is 3.91. The molecule has 0 spiro atoms. The normalized spacial score (nSPS) is 14.3. The standard InChI is InChI=1S/C11H14F3NO3S/c1-18-8-10(7-9-5-3-2-4-6-9)15-19(16,17)11(12,13)14/h2-6,10,15H,7-8H2,1H3. The number of benzene rings is 1. The first-order chi connectivity index (χ1) is 8.76. The second-order valence-corrected chi connectivity index (χ2v) is 5.61. The molecule has 4 nitrogen and oxygen atoms in total. The molecule has 1 rings (SSSR count). The Morgan fingerprint density at radius 3 is 2.32 bits per heavy atom. The lowest BCUT2D eigenvalue weighted by atomic mass is 10.1. The zero-order valence-corrected chi connectivity index (χ0v) is 11.0. The van der Waals surface area contributed by atoms with Crippen molar-refractivity contribution >= 4 is 10.0 Å². The van der Waals surface area contributed by atoms with E-state index in [0.717, 1.165) is 5.56 Å². The van der Waals surface area contributed by atoms with Gasteiger partial charge in [0.1, 0.15) is 0 Å². The summed E-state index contributed by atoms with van der Waals surface area (Å²) in [7, 11) is -4.08. The van der Waals surface area contributed by atoms with Crippen molar-refractivity contribution in [2.24, 2.45) is 0 Å². The van der Waals surface area contributed by atoms with E-state index >= 15 is 0 Å². The van der Waals surface area contributed by atoms with Crippen molar-refractivity contribution in [1.29, 1.82) is 0 Å². The van der Waals surface area contributed by atoms with Gasteiger partial charge in [-0.2, -0.15) is 13.2 Å². The first-order valence-corrected chi connectivity index (χ1v) is 6.86.